The van der Waals surface area contributed by atoms with Crippen LogP contribution in [0.2, 0.25) is 0 Å². The van der Waals surface area contributed by atoms with E-state index in [9.17, 15) is 19.2 Å². The van der Waals surface area contributed by atoms with Gasteiger partial charge in [0.25, 0.3) is 11.8 Å². The summed E-state index contributed by atoms with van der Waals surface area (Å²) in [5.74, 6) is -0.694. The summed E-state index contributed by atoms with van der Waals surface area (Å²) in [5, 5.41) is 2.52. The second-order valence-electron chi connectivity index (χ2n) is 7.06. The van der Waals surface area contributed by atoms with Gasteiger partial charge in [-0.15, -0.1) is 0 Å². The molecule has 0 unspecified atom stereocenters. The Bertz CT molecular complexity index is 865. The lowest BCUT2D eigenvalue weighted by Gasteiger charge is -2.16. The molecular formula is C20H26N4O6. The molecule has 162 valence electrons. The zero-order chi connectivity index (χ0) is 22.3. The van der Waals surface area contributed by atoms with Crippen LogP contribution in [0, 0.1) is 0 Å². The lowest BCUT2D eigenvalue weighted by Crippen LogP contribution is -2.45. The van der Waals surface area contributed by atoms with E-state index < -0.39 is 29.3 Å². The van der Waals surface area contributed by atoms with Crippen LogP contribution in [-0.2, 0) is 14.4 Å². The Morgan fingerprint density at radius 2 is 1.87 bits per heavy atom. The van der Waals surface area contributed by atoms with Gasteiger partial charge in [-0.1, -0.05) is 18.2 Å². The molecule has 2 rings (SSSR count). The summed E-state index contributed by atoms with van der Waals surface area (Å²) < 4.78 is 10.7. The van der Waals surface area contributed by atoms with Crippen LogP contribution in [0.3, 0.4) is 0 Å². The van der Waals surface area contributed by atoms with E-state index in [1.807, 2.05) is 25.1 Å². The standard InChI is InChI=1S/C20H26N4O6/c1-5-6-13-7-8-14(15(11-13)29-4)30-12-17(26)23-22-16(25)9-10-24-18(27)20(2,3)21-19(24)28/h5-8,11H,9-10,12H2,1-4H3,(H,21,28)(H,22,25)(H,23,26)/b6-5+. The molecule has 5 amide bonds. The normalized spacial score (nSPS) is 15.1. The molecule has 1 aromatic rings. The molecule has 0 aromatic heterocycles. The first kappa shape index (κ1) is 22.7. The fourth-order valence-electron chi connectivity index (χ4n) is 2.72. The van der Waals surface area contributed by atoms with Crippen molar-refractivity contribution in [2.45, 2.75) is 32.7 Å². The zero-order valence-electron chi connectivity index (χ0n) is 17.4. The molecule has 1 saturated heterocycles. The van der Waals surface area contributed by atoms with E-state index in [4.69, 9.17) is 9.47 Å². The summed E-state index contributed by atoms with van der Waals surface area (Å²) in [6, 6.07) is 4.71. The van der Waals surface area contributed by atoms with Gasteiger partial charge in [0.15, 0.2) is 18.1 Å². The molecule has 0 aliphatic carbocycles. The summed E-state index contributed by atoms with van der Waals surface area (Å²) in [5.41, 5.74) is 4.36. The number of rotatable bonds is 8. The van der Waals surface area contributed by atoms with Crippen LogP contribution in [-0.4, -0.2) is 54.5 Å². The molecule has 0 saturated carbocycles. The van der Waals surface area contributed by atoms with Crippen molar-refractivity contribution in [3.63, 3.8) is 0 Å². The van der Waals surface area contributed by atoms with Crippen molar-refractivity contribution < 1.29 is 28.7 Å². The number of urea groups is 1. The van der Waals surface area contributed by atoms with E-state index in [0.29, 0.717) is 11.5 Å². The number of nitrogens with one attached hydrogen (secondary N) is 3. The van der Waals surface area contributed by atoms with Crippen LogP contribution < -0.4 is 25.6 Å². The number of allylic oxidation sites excluding steroid dienone is 1. The first-order chi connectivity index (χ1) is 14.2. The average molecular weight is 418 g/mol. The summed E-state index contributed by atoms with van der Waals surface area (Å²) in [4.78, 5) is 48.6. The van der Waals surface area contributed by atoms with Gasteiger partial charge in [0, 0.05) is 13.0 Å². The number of imide groups is 1. The first-order valence-corrected chi connectivity index (χ1v) is 9.33. The molecule has 1 aromatic carbocycles. The van der Waals surface area contributed by atoms with Gasteiger partial charge in [-0.2, -0.15) is 0 Å². The number of amides is 5. The van der Waals surface area contributed by atoms with Crippen molar-refractivity contribution in [2.75, 3.05) is 20.3 Å². The first-order valence-electron chi connectivity index (χ1n) is 9.33. The minimum atomic E-state index is -0.995. The smallest absolute Gasteiger partial charge is 0.325 e. The maximum Gasteiger partial charge on any atom is 0.325 e. The Morgan fingerprint density at radius 1 is 1.17 bits per heavy atom. The van der Waals surface area contributed by atoms with E-state index >= 15 is 0 Å². The van der Waals surface area contributed by atoms with Crippen LogP contribution in [0.1, 0.15) is 32.8 Å². The molecule has 0 radical (unpaired) electrons. The molecule has 10 heteroatoms. The summed E-state index contributed by atoms with van der Waals surface area (Å²) in [6.45, 7) is 4.62. The highest BCUT2D eigenvalue weighted by molar-refractivity contribution is 6.06. The quantitative estimate of drug-likeness (QED) is 0.427. The lowest BCUT2D eigenvalue weighted by molar-refractivity contribution is -0.132. The number of methoxy groups -OCH3 is 1. The molecule has 1 aliphatic rings. The summed E-state index contributed by atoms with van der Waals surface area (Å²) in [7, 11) is 1.49. The third-order valence-corrected chi connectivity index (χ3v) is 4.25. The van der Waals surface area contributed by atoms with Crippen LogP contribution in [0.5, 0.6) is 11.5 Å². The van der Waals surface area contributed by atoms with Crippen molar-refractivity contribution in [1.82, 2.24) is 21.1 Å². The van der Waals surface area contributed by atoms with E-state index in [0.717, 1.165) is 10.5 Å². The largest absolute Gasteiger partial charge is 0.493 e. The second kappa shape index (κ2) is 9.77. The van der Waals surface area contributed by atoms with E-state index in [2.05, 4.69) is 16.2 Å². The van der Waals surface area contributed by atoms with E-state index in [1.165, 1.54) is 7.11 Å². The topological polar surface area (TPSA) is 126 Å². The van der Waals surface area contributed by atoms with Crippen molar-refractivity contribution in [2.24, 2.45) is 0 Å². The average Bonchev–Trinajstić information content (AvgIpc) is 2.90. The molecule has 30 heavy (non-hydrogen) atoms. The Kier molecular flexibility index (Phi) is 7.40. The predicted molar refractivity (Wildman–Crippen MR) is 108 cm³/mol. The monoisotopic (exact) mass is 418 g/mol. The van der Waals surface area contributed by atoms with Gasteiger partial charge >= 0.3 is 6.03 Å². The number of benzene rings is 1. The van der Waals surface area contributed by atoms with Crippen molar-refractivity contribution in [3.05, 3.63) is 29.8 Å². The minimum absolute atomic E-state index is 0.0952. The fraction of sp³-hybridized carbons (Fsp3) is 0.400. The molecule has 0 spiro atoms. The second-order valence-corrected chi connectivity index (χ2v) is 7.06. The van der Waals surface area contributed by atoms with Crippen LogP contribution >= 0.6 is 0 Å². The van der Waals surface area contributed by atoms with Gasteiger partial charge in [0.05, 0.1) is 7.11 Å². The Labute approximate surface area is 174 Å². The summed E-state index contributed by atoms with van der Waals surface area (Å²) in [6.07, 6.45) is 3.63. The predicted octanol–water partition coefficient (Wildman–Crippen LogP) is 0.975. The molecule has 3 N–H and O–H groups in total. The van der Waals surface area contributed by atoms with E-state index in [1.54, 1.807) is 26.0 Å². The lowest BCUT2D eigenvalue weighted by atomic mass is 10.1. The number of hydrogen-bond acceptors (Lipinski definition) is 6. The molecule has 1 aliphatic heterocycles. The number of nitrogens with zero attached hydrogens (tertiary/aromatic N) is 1. The molecule has 0 bridgehead atoms. The number of hydrogen-bond donors (Lipinski definition) is 3. The summed E-state index contributed by atoms with van der Waals surface area (Å²) >= 11 is 0. The van der Waals surface area contributed by atoms with Crippen molar-refractivity contribution >= 4 is 29.8 Å². The molecule has 0 atom stereocenters. The number of carbonyl (C=O) groups excluding carboxylic acids is 4. The van der Waals surface area contributed by atoms with Crippen LogP contribution in [0.4, 0.5) is 4.79 Å². The maximum absolute atomic E-state index is 12.1. The Morgan fingerprint density at radius 3 is 2.47 bits per heavy atom. The van der Waals surface area contributed by atoms with Gasteiger partial charge in [-0.05, 0) is 38.5 Å². The van der Waals surface area contributed by atoms with Gasteiger partial charge in [0.1, 0.15) is 5.54 Å². The SMILES string of the molecule is C/C=C/c1ccc(OCC(=O)NNC(=O)CCN2C(=O)NC(C)(C)C2=O)c(OC)c1. The highest BCUT2D eigenvalue weighted by atomic mass is 16.5. The molecule has 1 fully saturated rings. The number of carbonyl (C=O) groups is 4. The van der Waals surface area contributed by atoms with E-state index in [-0.39, 0.29) is 19.6 Å². The van der Waals surface area contributed by atoms with Gasteiger partial charge < -0.3 is 14.8 Å². The highest BCUT2D eigenvalue weighted by Gasteiger charge is 2.43. The van der Waals surface area contributed by atoms with Crippen LogP contribution in [0.15, 0.2) is 24.3 Å². The van der Waals surface area contributed by atoms with Gasteiger partial charge in [0.2, 0.25) is 5.91 Å². The molecule has 1 heterocycles. The zero-order valence-corrected chi connectivity index (χ0v) is 17.4. The molecular weight excluding hydrogens is 392 g/mol. The fourth-order valence-corrected chi connectivity index (χ4v) is 2.72. The highest BCUT2D eigenvalue weighted by Crippen LogP contribution is 2.28. The minimum Gasteiger partial charge on any atom is -0.493 e. The number of ether oxygens (including phenoxy) is 2. The van der Waals surface area contributed by atoms with Crippen LogP contribution in [0.25, 0.3) is 6.08 Å². The third kappa shape index (κ3) is 5.72. The van der Waals surface area contributed by atoms with Gasteiger partial charge in [-0.3, -0.25) is 30.1 Å². The Balaban J connectivity index is 1.76. The number of hydrazine groups is 1. The van der Waals surface area contributed by atoms with Crippen molar-refractivity contribution in [3.8, 4) is 11.5 Å². The maximum atomic E-state index is 12.1. The molecule has 10 nitrogen and oxygen atoms in total. The van der Waals surface area contributed by atoms with Gasteiger partial charge in [-0.25, -0.2) is 4.79 Å². The Hall–Kier alpha value is -3.56. The third-order valence-electron chi connectivity index (χ3n) is 4.25. The van der Waals surface area contributed by atoms with Crippen molar-refractivity contribution in [1.29, 1.82) is 0 Å².